The highest BCUT2D eigenvalue weighted by atomic mass is 79.9. The van der Waals surface area contributed by atoms with Gasteiger partial charge in [0, 0.05) is 21.8 Å². The molecule has 2 aromatic carbocycles. The number of amides is 1. The Balaban J connectivity index is 1.68. The summed E-state index contributed by atoms with van der Waals surface area (Å²) in [5, 5.41) is 7.02. The van der Waals surface area contributed by atoms with Crippen LogP contribution in [0.25, 0.3) is 22.5 Å². The number of halogens is 1. The van der Waals surface area contributed by atoms with Gasteiger partial charge >= 0.3 is 0 Å². The van der Waals surface area contributed by atoms with Crippen LogP contribution in [0.1, 0.15) is 5.56 Å². The van der Waals surface area contributed by atoms with E-state index in [1.54, 1.807) is 44.7 Å². The Morgan fingerprint density at radius 3 is 2.72 bits per heavy atom. The van der Waals surface area contributed by atoms with Gasteiger partial charge in [-0.3, -0.25) is 10.1 Å². The number of nitrogens with zero attached hydrogens (tertiary/aromatic N) is 3. The van der Waals surface area contributed by atoms with Gasteiger partial charge in [-0.25, -0.2) is 9.97 Å². The predicted octanol–water partition coefficient (Wildman–Crippen LogP) is 4.76. The van der Waals surface area contributed by atoms with Crippen molar-refractivity contribution in [1.82, 2.24) is 15.1 Å². The van der Waals surface area contributed by atoms with E-state index in [2.05, 4.69) is 36.4 Å². The summed E-state index contributed by atoms with van der Waals surface area (Å²) < 4.78 is 17.1. The molecule has 0 aliphatic heterocycles. The summed E-state index contributed by atoms with van der Waals surface area (Å²) in [4.78, 5) is 21.2. The van der Waals surface area contributed by atoms with Gasteiger partial charge in [0.05, 0.1) is 31.9 Å². The van der Waals surface area contributed by atoms with E-state index in [1.165, 1.54) is 6.33 Å². The number of aromatic nitrogens is 3. The molecule has 0 unspecified atom stereocenters. The summed E-state index contributed by atoms with van der Waals surface area (Å²) in [5.41, 5.74) is 3.19. The predicted molar refractivity (Wildman–Crippen MR) is 123 cm³/mol. The molecule has 0 aliphatic carbocycles. The lowest BCUT2D eigenvalue weighted by molar-refractivity contribution is -0.115. The van der Waals surface area contributed by atoms with Gasteiger partial charge in [-0.1, -0.05) is 33.2 Å². The van der Waals surface area contributed by atoms with Gasteiger partial charge in [0.25, 0.3) is 0 Å². The Morgan fingerprint density at radius 1 is 1.12 bits per heavy atom. The summed E-state index contributed by atoms with van der Waals surface area (Å²) in [7, 11) is 3.12. The van der Waals surface area contributed by atoms with Gasteiger partial charge in [-0.2, -0.15) is 0 Å². The molecular formula is C23H19BrN4O4. The van der Waals surface area contributed by atoms with E-state index in [9.17, 15) is 4.79 Å². The number of carbonyl (C=O) groups excluding carboxylic acids is 1. The second-order valence-corrected chi connectivity index (χ2v) is 7.66. The number of methoxy groups -OCH3 is 2. The molecule has 0 saturated carbocycles. The van der Waals surface area contributed by atoms with E-state index >= 15 is 0 Å². The zero-order chi connectivity index (χ0) is 22.5. The standard InChI is InChI=1S/C23H19BrN4O4/c1-30-17-6-7-19(31-2)15(11-17)12-20(29)27-23-21(18-8-9-25-13-26-18)22(28-32-23)14-4-3-5-16(24)10-14/h3-11,13H,12H2,1-2H3,(H,27,29). The fourth-order valence-corrected chi connectivity index (χ4v) is 3.65. The molecule has 0 atom stereocenters. The maximum Gasteiger partial charge on any atom is 0.241 e. The quantitative estimate of drug-likeness (QED) is 0.395. The van der Waals surface area contributed by atoms with Crippen LogP contribution in [0.3, 0.4) is 0 Å². The van der Waals surface area contributed by atoms with Crippen molar-refractivity contribution in [2.24, 2.45) is 0 Å². The topological polar surface area (TPSA) is 99.4 Å². The van der Waals surface area contributed by atoms with E-state index < -0.39 is 0 Å². The molecule has 8 nitrogen and oxygen atoms in total. The second kappa shape index (κ2) is 9.61. The second-order valence-electron chi connectivity index (χ2n) is 6.74. The summed E-state index contributed by atoms with van der Waals surface area (Å²) in [6.45, 7) is 0. The number of nitrogens with one attached hydrogen (secondary N) is 1. The van der Waals surface area contributed by atoms with Crippen molar-refractivity contribution in [2.75, 3.05) is 19.5 Å². The monoisotopic (exact) mass is 494 g/mol. The highest BCUT2D eigenvalue weighted by Crippen LogP contribution is 2.37. The molecule has 4 rings (SSSR count). The maximum absolute atomic E-state index is 12.9. The minimum Gasteiger partial charge on any atom is -0.497 e. The van der Waals surface area contributed by atoms with Crippen LogP contribution in [0, 0.1) is 0 Å². The zero-order valence-electron chi connectivity index (χ0n) is 17.3. The van der Waals surface area contributed by atoms with Crippen LogP contribution in [-0.2, 0) is 11.2 Å². The number of hydrogen-bond acceptors (Lipinski definition) is 7. The Hall–Kier alpha value is -3.72. The summed E-state index contributed by atoms with van der Waals surface area (Å²) >= 11 is 3.47. The van der Waals surface area contributed by atoms with E-state index in [4.69, 9.17) is 14.0 Å². The third-order valence-corrected chi connectivity index (χ3v) is 5.21. The third kappa shape index (κ3) is 4.62. The highest BCUT2D eigenvalue weighted by molar-refractivity contribution is 9.10. The van der Waals surface area contributed by atoms with Crippen LogP contribution >= 0.6 is 15.9 Å². The van der Waals surface area contributed by atoms with Crippen LogP contribution in [0.2, 0.25) is 0 Å². The van der Waals surface area contributed by atoms with Gasteiger partial charge in [-0.05, 0) is 36.4 Å². The largest absolute Gasteiger partial charge is 0.497 e. The number of carbonyl (C=O) groups is 1. The van der Waals surface area contributed by atoms with Gasteiger partial charge < -0.3 is 14.0 Å². The fraction of sp³-hybridized carbons (Fsp3) is 0.130. The van der Waals surface area contributed by atoms with Crippen molar-refractivity contribution < 1.29 is 18.8 Å². The van der Waals surface area contributed by atoms with E-state index in [-0.39, 0.29) is 18.2 Å². The number of rotatable bonds is 7. The van der Waals surface area contributed by atoms with Crippen molar-refractivity contribution in [1.29, 1.82) is 0 Å². The van der Waals surface area contributed by atoms with Gasteiger partial charge in [0.2, 0.25) is 11.8 Å². The first-order valence-corrected chi connectivity index (χ1v) is 10.4. The molecular weight excluding hydrogens is 476 g/mol. The minimum atomic E-state index is -0.302. The number of hydrogen-bond donors (Lipinski definition) is 1. The molecule has 0 bridgehead atoms. The lowest BCUT2D eigenvalue weighted by Gasteiger charge is -2.10. The van der Waals surface area contributed by atoms with Crippen molar-refractivity contribution in [3.05, 3.63) is 71.1 Å². The SMILES string of the molecule is COc1ccc(OC)c(CC(=O)Nc2onc(-c3cccc(Br)c3)c2-c2ccncn2)c1. The van der Waals surface area contributed by atoms with Crippen LogP contribution in [0.4, 0.5) is 5.88 Å². The first-order chi connectivity index (χ1) is 15.6. The molecule has 0 aliphatic rings. The fourth-order valence-electron chi connectivity index (χ4n) is 3.25. The molecule has 0 saturated heterocycles. The molecule has 32 heavy (non-hydrogen) atoms. The first kappa shape index (κ1) is 21.5. The Labute approximate surface area is 192 Å². The zero-order valence-corrected chi connectivity index (χ0v) is 18.9. The minimum absolute atomic E-state index is 0.0521. The average Bonchev–Trinajstić information content (AvgIpc) is 3.22. The van der Waals surface area contributed by atoms with Crippen molar-refractivity contribution in [2.45, 2.75) is 6.42 Å². The molecule has 0 spiro atoms. The first-order valence-electron chi connectivity index (χ1n) is 9.61. The van der Waals surface area contributed by atoms with Gasteiger partial charge in [0.1, 0.15) is 23.5 Å². The highest BCUT2D eigenvalue weighted by Gasteiger charge is 2.23. The van der Waals surface area contributed by atoms with Crippen LogP contribution < -0.4 is 14.8 Å². The molecule has 4 aromatic rings. The molecule has 0 radical (unpaired) electrons. The molecule has 1 N–H and O–H groups in total. The Morgan fingerprint density at radius 2 is 2.00 bits per heavy atom. The smallest absolute Gasteiger partial charge is 0.241 e. The normalized spacial score (nSPS) is 10.6. The summed E-state index contributed by atoms with van der Waals surface area (Å²) in [6.07, 6.45) is 3.10. The van der Waals surface area contributed by atoms with Crippen molar-refractivity contribution in [3.8, 4) is 34.0 Å². The van der Waals surface area contributed by atoms with Crippen LogP contribution in [0.5, 0.6) is 11.5 Å². The van der Waals surface area contributed by atoms with Gasteiger partial charge in [-0.15, -0.1) is 0 Å². The van der Waals surface area contributed by atoms with E-state index in [1.807, 2.05) is 24.3 Å². The number of anilines is 1. The molecule has 162 valence electrons. The van der Waals surface area contributed by atoms with Crippen LogP contribution in [-0.4, -0.2) is 35.3 Å². The summed E-state index contributed by atoms with van der Waals surface area (Å²) in [6, 6.07) is 14.6. The lowest BCUT2D eigenvalue weighted by Crippen LogP contribution is -2.15. The third-order valence-electron chi connectivity index (χ3n) is 4.72. The lowest BCUT2D eigenvalue weighted by atomic mass is 10.0. The molecule has 9 heteroatoms. The number of ether oxygens (including phenoxy) is 2. The van der Waals surface area contributed by atoms with E-state index in [0.29, 0.717) is 34.0 Å². The average molecular weight is 495 g/mol. The Bertz CT molecular complexity index is 1240. The number of benzene rings is 2. The van der Waals surface area contributed by atoms with E-state index in [0.717, 1.165) is 10.0 Å². The van der Waals surface area contributed by atoms with Crippen molar-refractivity contribution in [3.63, 3.8) is 0 Å². The summed E-state index contributed by atoms with van der Waals surface area (Å²) in [5.74, 6) is 1.12. The molecule has 2 heterocycles. The van der Waals surface area contributed by atoms with Gasteiger partial charge in [0.15, 0.2) is 0 Å². The van der Waals surface area contributed by atoms with Crippen LogP contribution in [0.15, 0.2) is 70.1 Å². The molecule has 2 aromatic heterocycles. The van der Waals surface area contributed by atoms with Crippen molar-refractivity contribution >= 4 is 27.7 Å². The molecule has 0 fully saturated rings. The Kier molecular flexibility index (Phi) is 6.46. The maximum atomic E-state index is 12.9. The molecule has 1 amide bonds.